The van der Waals surface area contributed by atoms with Crippen LogP contribution in [-0.4, -0.2) is 55.3 Å². The van der Waals surface area contributed by atoms with Crippen LogP contribution in [0.3, 0.4) is 0 Å². The van der Waals surface area contributed by atoms with Crippen LogP contribution >= 0.6 is 0 Å². The summed E-state index contributed by atoms with van der Waals surface area (Å²) in [7, 11) is 0. The molecular weight excluding hydrogens is 649 g/mol. The Morgan fingerprint density at radius 3 is 2.11 bits per heavy atom. The molecule has 0 aliphatic carbocycles. The molecule has 2 saturated heterocycles. The van der Waals surface area contributed by atoms with Gasteiger partial charge in [-0.05, 0) is 89.0 Å². The number of hydrogen-bond donors (Lipinski definition) is 0. The van der Waals surface area contributed by atoms with Crippen molar-refractivity contribution in [3.05, 3.63) is 36.0 Å². The number of aliphatic imine (C=N–C) groups is 1. The third-order valence-corrected chi connectivity index (χ3v) is 11.8. The SMILES string of the molecule is CCCCCC#CCC(C)CCCCCCCCC1(CCCCCCCC/C=C\C/C=C\CCCCC)OC2CCN(CCC3=CC=NCC3)CC2O1. The second kappa shape index (κ2) is 30.5. The van der Waals surface area contributed by atoms with Crippen molar-refractivity contribution >= 4 is 6.21 Å². The Kier molecular flexibility index (Phi) is 26.3. The van der Waals surface area contributed by atoms with Gasteiger partial charge in [0.2, 0.25) is 0 Å². The molecule has 53 heavy (non-hydrogen) atoms. The highest BCUT2D eigenvalue weighted by Gasteiger charge is 2.48. The highest BCUT2D eigenvalue weighted by Crippen LogP contribution is 2.40. The van der Waals surface area contributed by atoms with Gasteiger partial charge in [0.05, 0.1) is 12.2 Å². The van der Waals surface area contributed by atoms with Gasteiger partial charge in [0.25, 0.3) is 0 Å². The minimum atomic E-state index is -0.351. The van der Waals surface area contributed by atoms with Crippen LogP contribution in [-0.2, 0) is 9.47 Å². The lowest BCUT2D eigenvalue weighted by molar-refractivity contribution is -0.185. The van der Waals surface area contributed by atoms with Gasteiger partial charge in [-0.2, -0.15) is 0 Å². The number of allylic oxidation sites excluding steroid dienone is 5. The maximum absolute atomic E-state index is 7.01. The third-order valence-electron chi connectivity index (χ3n) is 11.8. The van der Waals surface area contributed by atoms with E-state index in [9.17, 15) is 0 Å². The fourth-order valence-corrected chi connectivity index (χ4v) is 8.26. The minimum absolute atomic E-state index is 0.235. The Morgan fingerprint density at radius 1 is 0.774 bits per heavy atom. The van der Waals surface area contributed by atoms with Crippen LogP contribution < -0.4 is 0 Å². The summed E-state index contributed by atoms with van der Waals surface area (Å²) in [6, 6.07) is 0. The molecule has 0 aromatic rings. The number of fused-ring (bicyclic) bond motifs is 1. The first-order chi connectivity index (χ1) is 26.1. The zero-order valence-corrected chi connectivity index (χ0v) is 35.2. The second-order valence-electron chi connectivity index (χ2n) is 16.8. The number of ether oxygens (including phenoxy) is 2. The Hall–Kier alpha value is -1.67. The molecule has 3 aliphatic rings. The summed E-state index contributed by atoms with van der Waals surface area (Å²) in [5.74, 6) is 7.22. The number of piperidine rings is 1. The summed E-state index contributed by atoms with van der Waals surface area (Å²) >= 11 is 0. The van der Waals surface area contributed by atoms with E-state index in [4.69, 9.17) is 9.47 Å². The molecule has 0 aromatic carbocycles. The molecule has 0 spiro atoms. The zero-order chi connectivity index (χ0) is 37.5. The number of unbranched alkanes of at least 4 members (excludes halogenated alkanes) is 17. The van der Waals surface area contributed by atoms with E-state index in [-0.39, 0.29) is 18.0 Å². The molecule has 0 N–H and O–H groups in total. The summed E-state index contributed by atoms with van der Waals surface area (Å²) in [6.07, 6.45) is 50.5. The van der Waals surface area contributed by atoms with Gasteiger partial charge in [0.1, 0.15) is 0 Å². The molecule has 4 nitrogen and oxygen atoms in total. The van der Waals surface area contributed by atoms with E-state index in [1.807, 2.05) is 6.21 Å². The molecule has 4 unspecified atom stereocenters. The van der Waals surface area contributed by atoms with Crippen molar-refractivity contribution in [1.29, 1.82) is 0 Å². The largest absolute Gasteiger partial charge is 0.344 e. The molecule has 4 atom stereocenters. The van der Waals surface area contributed by atoms with E-state index in [0.717, 1.165) is 83.5 Å². The quantitative estimate of drug-likeness (QED) is 0.0404. The molecule has 3 heterocycles. The van der Waals surface area contributed by atoms with E-state index < -0.39 is 0 Å². The van der Waals surface area contributed by atoms with Gasteiger partial charge in [-0.25, -0.2) is 0 Å². The smallest absolute Gasteiger partial charge is 0.169 e. The number of nitrogens with zero attached hydrogens (tertiary/aromatic N) is 2. The first-order valence-electron chi connectivity index (χ1n) is 23.2. The van der Waals surface area contributed by atoms with Gasteiger partial charge in [-0.3, -0.25) is 4.99 Å². The van der Waals surface area contributed by atoms with Crippen LogP contribution in [0.15, 0.2) is 40.9 Å². The van der Waals surface area contributed by atoms with Crippen LogP contribution in [0.2, 0.25) is 0 Å². The molecule has 0 radical (unpaired) electrons. The normalized spacial score (nSPS) is 22.4. The van der Waals surface area contributed by atoms with Crippen LogP contribution in [0.25, 0.3) is 0 Å². The standard InChI is InChI=1S/C49H84N2O2/c1-4-6-8-10-12-13-14-15-16-17-18-19-20-22-26-30-38-49(39-31-27-23-21-25-29-33-45(3)32-28-24-11-9-7-5-2)52-47-37-43-51(44-48(47)53-49)42-36-46-34-40-50-41-35-46/h12-13,15-16,34,40,45,47-48H,4-11,14,17-23,25-27,29-33,35-39,41-44H2,1-3H3/b13-12-,16-15-. The fourth-order valence-electron chi connectivity index (χ4n) is 8.26. The van der Waals surface area contributed by atoms with Crippen molar-refractivity contribution in [2.75, 3.05) is 26.2 Å². The van der Waals surface area contributed by atoms with E-state index in [1.165, 1.54) is 135 Å². The summed E-state index contributed by atoms with van der Waals surface area (Å²) in [6.45, 7) is 11.2. The Balaban J connectivity index is 1.32. The van der Waals surface area contributed by atoms with Crippen molar-refractivity contribution < 1.29 is 9.47 Å². The summed E-state index contributed by atoms with van der Waals surface area (Å²) < 4.78 is 14.0. The predicted octanol–water partition coefficient (Wildman–Crippen LogP) is 13.9. The molecule has 4 heteroatoms. The topological polar surface area (TPSA) is 34.1 Å². The Bertz CT molecular complexity index is 1080. The average Bonchev–Trinajstić information content (AvgIpc) is 3.54. The number of likely N-dealkylation sites (tertiary alicyclic amines) is 1. The molecule has 0 aromatic heterocycles. The van der Waals surface area contributed by atoms with Gasteiger partial charge in [-0.1, -0.05) is 134 Å². The van der Waals surface area contributed by atoms with Gasteiger partial charge < -0.3 is 14.4 Å². The summed E-state index contributed by atoms with van der Waals surface area (Å²) in [4.78, 5) is 7.00. The second-order valence-corrected chi connectivity index (χ2v) is 16.8. The first-order valence-corrected chi connectivity index (χ1v) is 23.2. The highest BCUT2D eigenvalue weighted by atomic mass is 16.8. The number of rotatable bonds is 31. The van der Waals surface area contributed by atoms with E-state index in [1.54, 1.807) is 5.57 Å². The fraction of sp³-hybridized carbons (Fsp3) is 0.816. The Labute approximate surface area is 329 Å². The molecule has 2 fully saturated rings. The maximum atomic E-state index is 7.01. The lowest BCUT2D eigenvalue weighted by atomic mass is 9.97. The van der Waals surface area contributed by atoms with Crippen molar-refractivity contribution in [2.45, 2.75) is 225 Å². The lowest BCUT2D eigenvalue weighted by Crippen LogP contribution is -2.45. The first kappa shape index (κ1) is 45.7. The minimum Gasteiger partial charge on any atom is -0.344 e. The van der Waals surface area contributed by atoms with Crippen molar-refractivity contribution in [3.8, 4) is 11.8 Å². The lowest BCUT2D eigenvalue weighted by Gasteiger charge is -2.33. The zero-order valence-electron chi connectivity index (χ0n) is 35.2. The molecule has 3 aliphatic heterocycles. The van der Waals surface area contributed by atoms with E-state index in [0.29, 0.717) is 0 Å². The average molecular weight is 733 g/mol. The van der Waals surface area contributed by atoms with Crippen molar-refractivity contribution in [3.63, 3.8) is 0 Å². The van der Waals surface area contributed by atoms with Gasteiger partial charge in [0, 0.05) is 58.1 Å². The van der Waals surface area contributed by atoms with E-state index in [2.05, 4.69) is 72.9 Å². The van der Waals surface area contributed by atoms with Crippen molar-refractivity contribution in [1.82, 2.24) is 4.90 Å². The number of dihydropyridines is 1. The molecule has 0 bridgehead atoms. The van der Waals surface area contributed by atoms with Crippen LogP contribution in [0, 0.1) is 17.8 Å². The van der Waals surface area contributed by atoms with Crippen LogP contribution in [0.5, 0.6) is 0 Å². The molecule has 0 saturated carbocycles. The van der Waals surface area contributed by atoms with Gasteiger partial charge >= 0.3 is 0 Å². The maximum Gasteiger partial charge on any atom is 0.169 e. The van der Waals surface area contributed by atoms with Gasteiger partial charge in [0.15, 0.2) is 5.79 Å². The van der Waals surface area contributed by atoms with Crippen LogP contribution in [0.4, 0.5) is 0 Å². The summed E-state index contributed by atoms with van der Waals surface area (Å²) in [5, 5.41) is 0. The summed E-state index contributed by atoms with van der Waals surface area (Å²) in [5.41, 5.74) is 1.55. The van der Waals surface area contributed by atoms with Gasteiger partial charge in [-0.15, -0.1) is 11.8 Å². The monoisotopic (exact) mass is 733 g/mol. The predicted molar refractivity (Wildman–Crippen MR) is 231 cm³/mol. The third kappa shape index (κ3) is 21.9. The molecule has 3 rings (SSSR count). The molecular formula is C49H84N2O2. The number of hydrogen-bond acceptors (Lipinski definition) is 4. The van der Waals surface area contributed by atoms with E-state index >= 15 is 0 Å². The van der Waals surface area contributed by atoms with Crippen LogP contribution in [0.1, 0.15) is 207 Å². The van der Waals surface area contributed by atoms with Crippen molar-refractivity contribution in [2.24, 2.45) is 10.9 Å². The molecule has 0 amide bonds. The Morgan fingerprint density at radius 2 is 1.42 bits per heavy atom. The molecule has 302 valence electrons. The highest BCUT2D eigenvalue weighted by molar-refractivity contribution is 5.73.